The first-order valence-electron chi connectivity index (χ1n) is 5.32. The van der Waals surface area contributed by atoms with E-state index in [9.17, 15) is 13.2 Å². The Hall–Kier alpha value is -1.69. The van der Waals surface area contributed by atoms with E-state index in [-0.39, 0.29) is 10.7 Å². The molecule has 0 aliphatic carbocycles. The summed E-state index contributed by atoms with van der Waals surface area (Å²) in [6, 6.07) is 2.97. The van der Waals surface area contributed by atoms with Gasteiger partial charge in [-0.3, -0.25) is 9.78 Å². The third-order valence-corrected chi connectivity index (χ3v) is 3.74. The summed E-state index contributed by atoms with van der Waals surface area (Å²) >= 11 is 0. The molecular weight excluding hydrogens is 254 g/mol. The molecule has 1 aliphatic heterocycles. The van der Waals surface area contributed by atoms with Gasteiger partial charge in [0.1, 0.15) is 11.5 Å². The standard InChI is InChI=1S/C12H13NO4S/c1-12(2)11(14)6-10(17-12)9-5-4-8(7-13-9)18(3,15)16/h4-7H,1-3H3. The van der Waals surface area contributed by atoms with Crippen molar-refractivity contribution in [1.29, 1.82) is 0 Å². The summed E-state index contributed by atoms with van der Waals surface area (Å²) in [5.74, 6) is 0.233. The molecule has 0 unspecified atom stereocenters. The van der Waals surface area contributed by atoms with Crippen molar-refractivity contribution in [3.05, 3.63) is 30.1 Å². The Bertz CT molecular complexity index is 627. The van der Waals surface area contributed by atoms with Gasteiger partial charge in [0.25, 0.3) is 0 Å². The molecule has 0 N–H and O–H groups in total. The number of ether oxygens (including phenoxy) is 1. The van der Waals surface area contributed by atoms with Crippen LogP contribution in [0.5, 0.6) is 0 Å². The van der Waals surface area contributed by atoms with Crippen molar-refractivity contribution in [3.63, 3.8) is 0 Å². The minimum absolute atomic E-state index is 0.133. The van der Waals surface area contributed by atoms with Gasteiger partial charge in [0.05, 0.1) is 4.90 Å². The van der Waals surface area contributed by atoms with E-state index in [4.69, 9.17) is 4.74 Å². The van der Waals surface area contributed by atoms with Crippen molar-refractivity contribution in [1.82, 2.24) is 4.98 Å². The molecule has 2 rings (SSSR count). The van der Waals surface area contributed by atoms with E-state index in [0.717, 1.165) is 6.26 Å². The zero-order valence-electron chi connectivity index (χ0n) is 10.3. The summed E-state index contributed by atoms with van der Waals surface area (Å²) in [6.45, 7) is 3.34. The number of pyridine rings is 1. The molecule has 0 saturated heterocycles. The van der Waals surface area contributed by atoms with Crippen molar-refractivity contribution in [3.8, 4) is 0 Å². The van der Waals surface area contributed by atoms with Crippen LogP contribution in [0.15, 0.2) is 29.3 Å². The molecule has 0 aromatic carbocycles. The van der Waals surface area contributed by atoms with Crippen LogP contribution < -0.4 is 0 Å². The first-order valence-corrected chi connectivity index (χ1v) is 7.21. The molecule has 18 heavy (non-hydrogen) atoms. The third kappa shape index (κ3) is 2.28. The summed E-state index contributed by atoms with van der Waals surface area (Å²) in [4.78, 5) is 15.7. The Morgan fingerprint density at radius 2 is 1.94 bits per heavy atom. The normalized spacial score (nSPS) is 18.4. The van der Waals surface area contributed by atoms with Gasteiger partial charge in [0, 0.05) is 18.5 Å². The van der Waals surface area contributed by atoms with E-state index in [0.29, 0.717) is 11.5 Å². The second-order valence-electron chi connectivity index (χ2n) is 4.64. The lowest BCUT2D eigenvalue weighted by Crippen LogP contribution is -2.27. The summed E-state index contributed by atoms with van der Waals surface area (Å²) in [5.41, 5.74) is -0.437. The Kier molecular flexibility index (Phi) is 2.77. The maximum Gasteiger partial charge on any atom is 0.202 e. The quantitative estimate of drug-likeness (QED) is 0.805. The van der Waals surface area contributed by atoms with E-state index in [2.05, 4.69) is 4.98 Å². The van der Waals surface area contributed by atoms with Crippen LogP contribution in [0.4, 0.5) is 0 Å². The predicted octanol–water partition coefficient (Wildman–Crippen LogP) is 1.20. The highest BCUT2D eigenvalue weighted by molar-refractivity contribution is 7.90. The number of carbonyl (C=O) groups excluding carboxylic acids is 1. The largest absolute Gasteiger partial charge is 0.477 e. The Balaban J connectivity index is 2.33. The molecule has 1 aliphatic rings. The van der Waals surface area contributed by atoms with Crippen LogP contribution in [0.25, 0.3) is 5.76 Å². The van der Waals surface area contributed by atoms with Gasteiger partial charge in [-0.2, -0.15) is 0 Å². The van der Waals surface area contributed by atoms with Gasteiger partial charge in [-0.05, 0) is 26.0 Å². The topological polar surface area (TPSA) is 73.3 Å². The van der Waals surface area contributed by atoms with Crippen molar-refractivity contribution in [2.75, 3.05) is 6.26 Å². The van der Waals surface area contributed by atoms with Gasteiger partial charge in [0.2, 0.25) is 5.78 Å². The minimum Gasteiger partial charge on any atom is -0.477 e. The molecule has 5 nitrogen and oxygen atoms in total. The molecule has 0 bridgehead atoms. The van der Waals surface area contributed by atoms with E-state index in [1.54, 1.807) is 13.8 Å². The molecule has 0 fully saturated rings. The number of sulfone groups is 1. The van der Waals surface area contributed by atoms with E-state index in [1.807, 2.05) is 0 Å². The molecule has 6 heteroatoms. The van der Waals surface area contributed by atoms with Gasteiger partial charge in [-0.15, -0.1) is 0 Å². The van der Waals surface area contributed by atoms with Crippen LogP contribution in [0.2, 0.25) is 0 Å². The van der Waals surface area contributed by atoms with Crippen molar-refractivity contribution in [2.45, 2.75) is 24.3 Å². The second-order valence-corrected chi connectivity index (χ2v) is 6.65. The second kappa shape index (κ2) is 3.91. The van der Waals surface area contributed by atoms with E-state index in [1.165, 1.54) is 24.4 Å². The van der Waals surface area contributed by atoms with Crippen LogP contribution in [-0.4, -0.2) is 31.0 Å². The fourth-order valence-corrected chi connectivity index (χ4v) is 2.08. The van der Waals surface area contributed by atoms with E-state index >= 15 is 0 Å². The van der Waals surface area contributed by atoms with Gasteiger partial charge in [-0.1, -0.05) is 0 Å². The average Bonchev–Trinajstić information content (AvgIpc) is 2.53. The Labute approximate surface area is 105 Å². The smallest absolute Gasteiger partial charge is 0.202 e. The highest BCUT2D eigenvalue weighted by Crippen LogP contribution is 2.30. The number of carbonyl (C=O) groups is 1. The monoisotopic (exact) mass is 267 g/mol. The molecule has 0 spiro atoms. The molecule has 1 aromatic heterocycles. The molecule has 1 aromatic rings. The summed E-state index contributed by atoms with van der Waals surface area (Å²) < 4.78 is 28.0. The lowest BCUT2D eigenvalue weighted by Gasteiger charge is -2.17. The summed E-state index contributed by atoms with van der Waals surface area (Å²) in [5, 5.41) is 0. The van der Waals surface area contributed by atoms with Crippen LogP contribution in [0.1, 0.15) is 19.5 Å². The molecule has 0 amide bonds. The predicted molar refractivity (Wildman–Crippen MR) is 65.5 cm³/mol. The lowest BCUT2D eigenvalue weighted by molar-refractivity contribution is -0.125. The lowest BCUT2D eigenvalue weighted by atomic mass is 10.1. The average molecular weight is 267 g/mol. The van der Waals surface area contributed by atoms with Gasteiger partial charge in [0.15, 0.2) is 15.4 Å². The van der Waals surface area contributed by atoms with Gasteiger partial charge < -0.3 is 4.74 Å². The number of hydrogen-bond donors (Lipinski definition) is 0. The maximum atomic E-state index is 11.6. The maximum absolute atomic E-state index is 11.6. The molecule has 0 saturated carbocycles. The van der Waals surface area contributed by atoms with Crippen LogP contribution in [0.3, 0.4) is 0 Å². The van der Waals surface area contributed by atoms with Crippen LogP contribution in [-0.2, 0) is 19.4 Å². The van der Waals surface area contributed by atoms with Gasteiger partial charge >= 0.3 is 0 Å². The SMILES string of the molecule is CC1(C)OC(c2ccc(S(C)(=O)=O)cn2)=CC1=O. The highest BCUT2D eigenvalue weighted by atomic mass is 32.2. The Morgan fingerprint density at radius 3 is 2.33 bits per heavy atom. The molecular formula is C12H13NO4S. The highest BCUT2D eigenvalue weighted by Gasteiger charge is 2.35. The minimum atomic E-state index is -3.27. The van der Waals surface area contributed by atoms with Crippen LogP contribution >= 0.6 is 0 Å². The molecule has 0 atom stereocenters. The fourth-order valence-electron chi connectivity index (χ4n) is 1.52. The zero-order valence-corrected chi connectivity index (χ0v) is 11.1. The third-order valence-electron chi connectivity index (χ3n) is 2.64. The van der Waals surface area contributed by atoms with Crippen molar-refractivity contribution in [2.24, 2.45) is 0 Å². The van der Waals surface area contributed by atoms with Crippen molar-refractivity contribution < 1.29 is 17.9 Å². The fraction of sp³-hybridized carbons (Fsp3) is 0.333. The molecule has 2 heterocycles. The molecule has 0 radical (unpaired) electrons. The summed E-state index contributed by atoms with van der Waals surface area (Å²) in [6.07, 6.45) is 3.74. The zero-order chi connectivity index (χ0) is 13.6. The van der Waals surface area contributed by atoms with Gasteiger partial charge in [-0.25, -0.2) is 8.42 Å². The molecule has 96 valence electrons. The number of hydrogen-bond acceptors (Lipinski definition) is 5. The first kappa shape index (κ1) is 12.8. The van der Waals surface area contributed by atoms with E-state index < -0.39 is 15.4 Å². The first-order chi connectivity index (χ1) is 8.20. The van der Waals surface area contributed by atoms with Crippen molar-refractivity contribution >= 4 is 21.4 Å². The number of nitrogens with zero attached hydrogens (tertiary/aromatic N) is 1. The number of rotatable bonds is 2. The Morgan fingerprint density at radius 1 is 1.28 bits per heavy atom. The number of aromatic nitrogens is 1. The summed E-state index contributed by atoms with van der Waals surface area (Å²) in [7, 11) is -3.27. The number of ketones is 1. The van der Waals surface area contributed by atoms with Crippen LogP contribution in [0, 0.1) is 0 Å².